The van der Waals surface area contributed by atoms with Gasteiger partial charge in [-0.1, -0.05) is 64.7 Å². The molecule has 4 nitrogen and oxygen atoms in total. The lowest BCUT2D eigenvalue weighted by atomic mass is 10.1. The van der Waals surface area contributed by atoms with Crippen LogP contribution in [-0.4, -0.2) is 9.55 Å². The summed E-state index contributed by atoms with van der Waals surface area (Å²) in [4.78, 5) is 16.4. The molecule has 0 aromatic carbocycles. The van der Waals surface area contributed by atoms with Crippen molar-refractivity contribution in [3.63, 3.8) is 0 Å². The minimum Gasteiger partial charge on any atom is -0.443 e. The monoisotopic (exact) mass is 358 g/mol. The van der Waals surface area contributed by atoms with Crippen LogP contribution in [-0.2, 0) is 13.0 Å². The molecule has 0 aliphatic heterocycles. The van der Waals surface area contributed by atoms with Crippen LogP contribution in [0.4, 0.5) is 0 Å². The first kappa shape index (κ1) is 19.2. The third-order valence-corrected chi connectivity index (χ3v) is 5.74. The normalized spacial score (nSPS) is 15.3. The van der Waals surface area contributed by atoms with Crippen molar-refractivity contribution in [3.8, 4) is 0 Å². The molecule has 4 heteroatoms. The quantitative estimate of drug-likeness (QED) is 0.472. The summed E-state index contributed by atoms with van der Waals surface area (Å²) < 4.78 is 7.59. The predicted molar refractivity (Wildman–Crippen MR) is 107 cm³/mol. The van der Waals surface area contributed by atoms with Crippen LogP contribution in [0.3, 0.4) is 0 Å². The maximum absolute atomic E-state index is 12.2. The molecule has 2 heterocycles. The average Bonchev–Trinajstić information content (AvgIpc) is 3.27. The van der Waals surface area contributed by atoms with E-state index >= 15 is 0 Å². The van der Waals surface area contributed by atoms with Crippen molar-refractivity contribution in [2.75, 3.05) is 0 Å². The van der Waals surface area contributed by atoms with Gasteiger partial charge in [-0.2, -0.15) is 4.98 Å². The minimum absolute atomic E-state index is 0.169. The van der Waals surface area contributed by atoms with Crippen LogP contribution in [0.5, 0.6) is 0 Å². The van der Waals surface area contributed by atoms with E-state index in [0.29, 0.717) is 11.6 Å². The Kier molecular flexibility index (Phi) is 7.33. The summed E-state index contributed by atoms with van der Waals surface area (Å²) in [5.74, 6) is 1.60. The van der Waals surface area contributed by atoms with E-state index in [2.05, 4.69) is 18.0 Å². The highest BCUT2D eigenvalue weighted by atomic mass is 16.3. The standard InChI is InChI=1S/C22H34N2O2/c1-2-3-4-5-6-7-8-9-14-20-15-19-17-24(16-18-12-10-11-13-18)22(25)23-21(19)26-20/h15,17-18H,2-14,16H2,1H3. The maximum atomic E-state index is 12.2. The molecule has 3 rings (SSSR count). The highest BCUT2D eigenvalue weighted by molar-refractivity contribution is 5.72. The van der Waals surface area contributed by atoms with Crippen LogP contribution in [0.2, 0.25) is 0 Å². The lowest BCUT2D eigenvalue weighted by Crippen LogP contribution is -2.24. The number of nitrogens with zero attached hydrogens (tertiary/aromatic N) is 2. The van der Waals surface area contributed by atoms with Crippen LogP contribution in [0, 0.1) is 5.92 Å². The number of aryl methyl sites for hydroxylation is 1. The van der Waals surface area contributed by atoms with E-state index in [1.165, 1.54) is 70.6 Å². The Hall–Kier alpha value is -1.58. The molecule has 0 unspecified atom stereocenters. The first-order valence-electron chi connectivity index (χ1n) is 10.8. The van der Waals surface area contributed by atoms with Crippen LogP contribution in [0.15, 0.2) is 21.5 Å². The van der Waals surface area contributed by atoms with Gasteiger partial charge in [0.1, 0.15) is 5.76 Å². The zero-order valence-corrected chi connectivity index (χ0v) is 16.3. The van der Waals surface area contributed by atoms with Gasteiger partial charge in [-0.25, -0.2) is 4.79 Å². The molecule has 1 saturated carbocycles. The molecule has 0 saturated heterocycles. The molecule has 144 valence electrons. The van der Waals surface area contributed by atoms with Gasteiger partial charge in [0.2, 0.25) is 5.71 Å². The topological polar surface area (TPSA) is 48.0 Å². The van der Waals surface area contributed by atoms with E-state index in [-0.39, 0.29) is 5.69 Å². The zero-order valence-electron chi connectivity index (χ0n) is 16.3. The van der Waals surface area contributed by atoms with Gasteiger partial charge in [-0.05, 0) is 31.2 Å². The fraction of sp³-hybridized carbons (Fsp3) is 0.727. The Bertz CT molecular complexity index is 725. The largest absolute Gasteiger partial charge is 0.443 e. The molecule has 1 aliphatic carbocycles. The van der Waals surface area contributed by atoms with E-state index in [1.807, 2.05) is 6.20 Å². The number of fused-ring (bicyclic) bond motifs is 1. The Morgan fingerprint density at radius 3 is 2.50 bits per heavy atom. The fourth-order valence-electron chi connectivity index (χ4n) is 4.16. The molecule has 0 atom stereocenters. The maximum Gasteiger partial charge on any atom is 0.350 e. The molecular weight excluding hydrogens is 324 g/mol. The number of hydrogen-bond acceptors (Lipinski definition) is 3. The molecule has 26 heavy (non-hydrogen) atoms. The molecule has 0 N–H and O–H groups in total. The zero-order chi connectivity index (χ0) is 18.2. The van der Waals surface area contributed by atoms with Gasteiger partial charge >= 0.3 is 5.69 Å². The molecule has 0 bridgehead atoms. The lowest BCUT2D eigenvalue weighted by molar-refractivity contribution is 0.443. The number of furan rings is 1. The fourth-order valence-corrected chi connectivity index (χ4v) is 4.16. The third kappa shape index (κ3) is 5.46. The summed E-state index contributed by atoms with van der Waals surface area (Å²) in [5, 5.41) is 0.970. The highest BCUT2D eigenvalue weighted by Gasteiger charge is 2.17. The SMILES string of the molecule is CCCCCCCCCCc1cc2cn(CC3CCCC3)c(=O)nc2o1. The van der Waals surface area contributed by atoms with Gasteiger partial charge in [0, 0.05) is 19.2 Å². The second kappa shape index (κ2) is 9.94. The van der Waals surface area contributed by atoms with Crippen molar-refractivity contribution in [1.82, 2.24) is 9.55 Å². The second-order valence-electron chi connectivity index (χ2n) is 8.02. The Morgan fingerprint density at radius 2 is 1.77 bits per heavy atom. The summed E-state index contributed by atoms with van der Waals surface area (Å²) in [6, 6.07) is 2.08. The average molecular weight is 359 g/mol. The van der Waals surface area contributed by atoms with Gasteiger partial charge < -0.3 is 4.42 Å². The van der Waals surface area contributed by atoms with Gasteiger partial charge in [0.25, 0.3) is 0 Å². The number of rotatable bonds is 11. The van der Waals surface area contributed by atoms with Gasteiger partial charge in [0.15, 0.2) is 0 Å². The second-order valence-corrected chi connectivity index (χ2v) is 8.02. The molecule has 2 aromatic rings. The minimum atomic E-state index is -0.169. The van der Waals surface area contributed by atoms with Crippen LogP contribution in [0.25, 0.3) is 11.1 Å². The van der Waals surface area contributed by atoms with Gasteiger partial charge in [-0.15, -0.1) is 0 Å². The Morgan fingerprint density at radius 1 is 1.08 bits per heavy atom. The van der Waals surface area contributed by atoms with Gasteiger partial charge in [-0.3, -0.25) is 4.57 Å². The number of unbranched alkanes of at least 4 members (excludes halogenated alkanes) is 7. The molecular formula is C22H34N2O2. The Labute approximate surface area is 157 Å². The molecule has 2 aromatic heterocycles. The van der Waals surface area contributed by atoms with Crippen molar-refractivity contribution in [2.45, 2.75) is 96.9 Å². The molecule has 0 spiro atoms. The number of hydrogen-bond donors (Lipinski definition) is 0. The van der Waals surface area contributed by atoms with Crippen molar-refractivity contribution in [1.29, 1.82) is 0 Å². The van der Waals surface area contributed by atoms with Crippen LogP contribution >= 0.6 is 0 Å². The van der Waals surface area contributed by atoms with Crippen LogP contribution < -0.4 is 5.69 Å². The third-order valence-electron chi connectivity index (χ3n) is 5.74. The van der Waals surface area contributed by atoms with E-state index in [4.69, 9.17) is 4.42 Å². The summed E-state index contributed by atoms with van der Waals surface area (Å²) in [5.41, 5.74) is 0.338. The summed E-state index contributed by atoms with van der Waals surface area (Å²) in [6.45, 7) is 3.06. The number of aromatic nitrogens is 2. The Balaban J connectivity index is 1.48. The summed E-state index contributed by atoms with van der Waals surface area (Å²) in [7, 11) is 0. The highest BCUT2D eigenvalue weighted by Crippen LogP contribution is 2.26. The summed E-state index contributed by atoms with van der Waals surface area (Å²) in [6.07, 6.45) is 18.5. The first-order chi connectivity index (χ1) is 12.8. The van der Waals surface area contributed by atoms with Gasteiger partial charge in [0.05, 0.1) is 5.39 Å². The van der Waals surface area contributed by atoms with E-state index in [0.717, 1.165) is 30.5 Å². The van der Waals surface area contributed by atoms with E-state index in [9.17, 15) is 4.79 Å². The van der Waals surface area contributed by atoms with Crippen molar-refractivity contribution >= 4 is 11.1 Å². The molecule has 1 aliphatic rings. The summed E-state index contributed by atoms with van der Waals surface area (Å²) >= 11 is 0. The van der Waals surface area contributed by atoms with E-state index in [1.54, 1.807) is 4.57 Å². The predicted octanol–water partition coefficient (Wildman–Crippen LogP) is 5.86. The smallest absolute Gasteiger partial charge is 0.350 e. The van der Waals surface area contributed by atoms with E-state index < -0.39 is 0 Å². The van der Waals surface area contributed by atoms with Crippen molar-refractivity contribution in [3.05, 3.63) is 28.5 Å². The molecule has 0 radical (unpaired) electrons. The molecule has 0 amide bonds. The van der Waals surface area contributed by atoms with Crippen LogP contribution in [0.1, 0.15) is 89.7 Å². The van der Waals surface area contributed by atoms with Crippen molar-refractivity contribution < 1.29 is 4.42 Å². The lowest BCUT2D eigenvalue weighted by Gasteiger charge is -2.10. The molecule has 1 fully saturated rings. The van der Waals surface area contributed by atoms with Crippen molar-refractivity contribution in [2.24, 2.45) is 5.92 Å². The first-order valence-corrected chi connectivity index (χ1v) is 10.8.